The van der Waals surface area contributed by atoms with Crippen molar-refractivity contribution in [3.05, 3.63) is 59.7 Å². The Morgan fingerprint density at radius 1 is 0.926 bits per heavy atom. The third kappa shape index (κ3) is 6.04. The number of ether oxygens (including phenoxy) is 2. The summed E-state index contributed by atoms with van der Waals surface area (Å²) < 4.78 is 52.2. The molecule has 7 heteroatoms. The molecule has 0 bridgehead atoms. The quantitative estimate of drug-likeness (QED) is 0.581. The van der Waals surface area contributed by atoms with Crippen LogP contribution in [0.15, 0.2) is 48.5 Å². The molecule has 0 spiro atoms. The maximum Gasteiger partial charge on any atom is 0.298 e. The van der Waals surface area contributed by atoms with E-state index in [1.165, 1.54) is 48.5 Å². The molecule has 0 radical (unpaired) electrons. The summed E-state index contributed by atoms with van der Waals surface area (Å²) in [5.74, 6) is -1.79. The predicted octanol–water partition coefficient (Wildman–Crippen LogP) is 4.79. The molecule has 0 aromatic heterocycles. The lowest BCUT2D eigenvalue weighted by atomic mass is 10.0. The highest BCUT2D eigenvalue weighted by molar-refractivity contribution is 6.18. The average Bonchev–Trinajstić information content (AvgIpc) is 2.70. The topological polar surface area (TPSA) is 38.7 Å². The first-order chi connectivity index (χ1) is 12.9. The zero-order chi connectivity index (χ0) is 19.9. The highest BCUT2D eigenvalue weighted by Gasteiger charge is 2.33. The molecular weight excluding hydrogens is 381 g/mol. The van der Waals surface area contributed by atoms with Gasteiger partial charge in [-0.1, -0.05) is 6.92 Å². The first-order valence-electron chi connectivity index (χ1n) is 8.51. The van der Waals surface area contributed by atoms with Gasteiger partial charge in [-0.3, -0.25) is 0 Å². The average molecular weight is 403 g/mol. The fraction of sp³-hybridized carbons (Fsp3) is 0.400. The standard InChI is InChI=1S/C20H22ClF3O3/c1-14(10-21)12-26-18-6-2-15(3-7-18)20(23,24)16-4-8-19(9-5-16)27-13-17(25)11-22/h2-9,14,17,25H,10-13H2,1H3. The molecule has 2 aromatic rings. The van der Waals surface area contributed by atoms with Crippen LogP contribution < -0.4 is 9.47 Å². The minimum Gasteiger partial charge on any atom is -0.493 e. The van der Waals surface area contributed by atoms with Crippen LogP contribution in [-0.4, -0.2) is 37.0 Å². The van der Waals surface area contributed by atoms with E-state index in [-0.39, 0.29) is 29.4 Å². The zero-order valence-electron chi connectivity index (χ0n) is 14.9. The Hall–Kier alpha value is -1.92. The van der Waals surface area contributed by atoms with Gasteiger partial charge in [0.15, 0.2) is 0 Å². The monoisotopic (exact) mass is 402 g/mol. The van der Waals surface area contributed by atoms with E-state index in [2.05, 4.69) is 0 Å². The van der Waals surface area contributed by atoms with Gasteiger partial charge in [0.2, 0.25) is 0 Å². The predicted molar refractivity (Wildman–Crippen MR) is 98.7 cm³/mol. The Labute approximate surface area is 161 Å². The van der Waals surface area contributed by atoms with Gasteiger partial charge in [0.1, 0.15) is 30.9 Å². The van der Waals surface area contributed by atoms with Crippen molar-refractivity contribution in [3.63, 3.8) is 0 Å². The van der Waals surface area contributed by atoms with Gasteiger partial charge >= 0.3 is 0 Å². The summed E-state index contributed by atoms with van der Waals surface area (Å²) in [5.41, 5.74) is -0.368. The molecule has 0 saturated heterocycles. The smallest absolute Gasteiger partial charge is 0.298 e. The van der Waals surface area contributed by atoms with Gasteiger partial charge in [-0.2, -0.15) is 8.78 Å². The summed E-state index contributed by atoms with van der Waals surface area (Å²) in [4.78, 5) is 0. The molecule has 0 saturated carbocycles. The van der Waals surface area contributed by atoms with E-state index in [1.54, 1.807) is 0 Å². The first-order valence-corrected chi connectivity index (χ1v) is 9.04. The highest BCUT2D eigenvalue weighted by Crippen LogP contribution is 2.37. The molecule has 0 heterocycles. The second kappa shape index (κ2) is 9.85. The van der Waals surface area contributed by atoms with Gasteiger partial charge < -0.3 is 14.6 Å². The molecule has 2 atom stereocenters. The number of aliphatic hydroxyl groups is 1. The van der Waals surface area contributed by atoms with Crippen LogP contribution in [0.5, 0.6) is 11.5 Å². The molecule has 148 valence electrons. The lowest BCUT2D eigenvalue weighted by Crippen LogP contribution is -2.19. The molecule has 1 N–H and O–H groups in total. The fourth-order valence-electron chi connectivity index (χ4n) is 2.21. The van der Waals surface area contributed by atoms with Crippen molar-refractivity contribution in [2.45, 2.75) is 19.0 Å². The van der Waals surface area contributed by atoms with Gasteiger partial charge in [-0.05, 0) is 48.5 Å². The molecule has 2 aromatic carbocycles. The summed E-state index contributed by atoms with van der Waals surface area (Å²) in [6.07, 6.45) is -1.24. The molecular formula is C20H22ClF3O3. The molecule has 0 aliphatic rings. The molecule has 27 heavy (non-hydrogen) atoms. The van der Waals surface area contributed by atoms with Crippen molar-refractivity contribution in [1.29, 1.82) is 0 Å². The van der Waals surface area contributed by atoms with Gasteiger partial charge in [-0.25, -0.2) is 4.39 Å². The van der Waals surface area contributed by atoms with E-state index in [0.717, 1.165) is 0 Å². The Bertz CT molecular complexity index is 633. The fourth-order valence-corrected chi connectivity index (χ4v) is 2.30. The van der Waals surface area contributed by atoms with Crippen LogP contribution in [0.1, 0.15) is 18.1 Å². The summed E-state index contributed by atoms with van der Waals surface area (Å²) >= 11 is 5.71. The molecule has 0 fully saturated rings. The Balaban J connectivity index is 2.04. The molecule has 3 nitrogen and oxygen atoms in total. The van der Waals surface area contributed by atoms with Crippen molar-refractivity contribution < 1.29 is 27.8 Å². The number of halogens is 4. The van der Waals surface area contributed by atoms with Crippen LogP contribution in [-0.2, 0) is 5.92 Å². The summed E-state index contributed by atoms with van der Waals surface area (Å²) in [6.45, 7) is 1.18. The van der Waals surface area contributed by atoms with Crippen LogP contribution in [0.25, 0.3) is 0 Å². The number of alkyl halides is 4. The molecule has 0 amide bonds. The van der Waals surface area contributed by atoms with Crippen molar-refractivity contribution in [3.8, 4) is 11.5 Å². The van der Waals surface area contributed by atoms with E-state index >= 15 is 0 Å². The van der Waals surface area contributed by atoms with Crippen molar-refractivity contribution in [2.24, 2.45) is 5.92 Å². The van der Waals surface area contributed by atoms with E-state index in [4.69, 9.17) is 26.2 Å². The Morgan fingerprint density at radius 3 is 1.78 bits per heavy atom. The largest absolute Gasteiger partial charge is 0.493 e. The van der Waals surface area contributed by atoms with Gasteiger partial charge in [-0.15, -0.1) is 11.6 Å². The van der Waals surface area contributed by atoms with Crippen molar-refractivity contribution >= 4 is 11.6 Å². The zero-order valence-corrected chi connectivity index (χ0v) is 15.6. The minimum atomic E-state index is -3.20. The number of hydrogen-bond acceptors (Lipinski definition) is 3. The van der Waals surface area contributed by atoms with Gasteiger partial charge in [0.05, 0.1) is 6.61 Å². The van der Waals surface area contributed by atoms with Gasteiger partial charge in [0.25, 0.3) is 5.92 Å². The molecule has 2 unspecified atom stereocenters. The lowest BCUT2D eigenvalue weighted by molar-refractivity contribution is 0.0426. The van der Waals surface area contributed by atoms with Gasteiger partial charge in [0, 0.05) is 22.9 Å². The lowest BCUT2D eigenvalue weighted by Gasteiger charge is -2.18. The van der Waals surface area contributed by atoms with Crippen molar-refractivity contribution in [1.82, 2.24) is 0 Å². The number of rotatable bonds is 10. The normalized spacial score (nSPS) is 13.9. The second-order valence-corrected chi connectivity index (χ2v) is 6.62. The van der Waals surface area contributed by atoms with Crippen LogP contribution >= 0.6 is 11.6 Å². The summed E-state index contributed by atoms with van der Waals surface area (Å²) in [6, 6.07) is 10.8. The van der Waals surface area contributed by atoms with E-state index in [9.17, 15) is 13.2 Å². The molecule has 2 rings (SSSR count). The van der Waals surface area contributed by atoms with Crippen LogP contribution in [0.4, 0.5) is 13.2 Å². The minimum absolute atomic E-state index is 0.165. The first kappa shape index (κ1) is 21.4. The third-order valence-electron chi connectivity index (χ3n) is 3.85. The molecule has 0 aliphatic heterocycles. The Morgan fingerprint density at radius 2 is 1.37 bits per heavy atom. The Kier molecular flexibility index (Phi) is 7.80. The van der Waals surface area contributed by atoms with Crippen molar-refractivity contribution in [2.75, 3.05) is 25.8 Å². The van der Waals surface area contributed by atoms with E-state index in [0.29, 0.717) is 18.2 Å². The van der Waals surface area contributed by atoms with E-state index < -0.39 is 18.7 Å². The second-order valence-electron chi connectivity index (χ2n) is 6.31. The van der Waals surface area contributed by atoms with Crippen LogP contribution in [0.3, 0.4) is 0 Å². The maximum atomic E-state index is 14.7. The third-order valence-corrected chi connectivity index (χ3v) is 4.38. The highest BCUT2D eigenvalue weighted by atomic mass is 35.5. The maximum absolute atomic E-state index is 14.7. The number of hydrogen-bond donors (Lipinski definition) is 1. The van der Waals surface area contributed by atoms with E-state index in [1.807, 2.05) is 6.92 Å². The number of benzene rings is 2. The molecule has 0 aliphatic carbocycles. The number of aliphatic hydroxyl groups excluding tert-OH is 1. The van der Waals surface area contributed by atoms with Crippen LogP contribution in [0.2, 0.25) is 0 Å². The SMILES string of the molecule is CC(CCl)COc1ccc(C(F)(F)c2ccc(OCC(O)CF)cc2)cc1. The summed E-state index contributed by atoms with van der Waals surface area (Å²) in [5, 5.41) is 9.12. The summed E-state index contributed by atoms with van der Waals surface area (Å²) in [7, 11) is 0. The van der Waals surface area contributed by atoms with Crippen LogP contribution in [0, 0.1) is 5.92 Å².